The molecule has 3 N–H and O–H groups in total. The number of rotatable bonds is 8. The van der Waals surface area contributed by atoms with Crippen molar-refractivity contribution >= 4 is 29.2 Å². The molecule has 0 aliphatic carbocycles. The number of carboxylic acid groups (broad SMARTS) is 2. The molecular weight excluding hydrogens is 294 g/mol. The Morgan fingerprint density at radius 3 is 2.48 bits per heavy atom. The third-order valence-electron chi connectivity index (χ3n) is 3.05. The quantitative estimate of drug-likeness (QED) is 0.681. The minimum atomic E-state index is -1.15. The zero-order valence-electron chi connectivity index (χ0n) is 12.0. The van der Waals surface area contributed by atoms with Crippen LogP contribution >= 0.6 is 11.3 Å². The Bertz CT molecular complexity index is 537. The van der Waals surface area contributed by atoms with Gasteiger partial charge in [0.1, 0.15) is 6.04 Å². The highest BCUT2D eigenvalue weighted by Gasteiger charge is 2.22. The smallest absolute Gasteiger partial charge is 0.326 e. The Balaban J connectivity index is 2.67. The number of amides is 1. The Labute approximate surface area is 126 Å². The van der Waals surface area contributed by atoms with Gasteiger partial charge >= 0.3 is 11.9 Å². The lowest BCUT2D eigenvalue weighted by molar-refractivity contribution is -0.140. The lowest BCUT2D eigenvalue weighted by atomic mass is 10.1. The van der Waals surface area contributed by atoms with E-state index >= 15 is 0 Å². The van der Waals surface area contributed by atoms with Gasteiger partial charge in [-0.1, -0.05) is 6.92 Å². The van der Waals surface area contributed by atoms with Crippen LogP contribution in [-0.2, 0) is 16.0 Å². The molecule has 1 aromatic heterocycles. The summed E-state index contributed by atoms with van der Waals surface area (Å²) in [6, 6.07) is 0.680. The van der Waals surface area contributed by atoms with E-state index in [4.69, 9.17) is 10.2 Å². The van der Waals surface area contributed by atoms with E-state index in [0.29, 0.717) is 4.88 Å². The van der Waals surface area contributed by atoms with Crippen LogP contribution in [0.5, 0.6) is 0 Å². The zero-order valence-corrected chi connectivity index (χ0v) is 12.8. The third kappa shape index (κ3) is 5.18. The van der Waals surface area contributed by atoms with Gasteiger partial charge in [-0.25, -0.2) is 4.79 Å². The number of aliphatic carboxylic acids is 2. The van der Waals surface area contributed by atoms with Gasteiger partial charge in [-0.3, -0.25) is 9.59 Å². The summed E-state index contributed by atoms with van der Waals surface area (Å²) in [4.78, 5) is 35.2. The van der Waals surface area contributed by atoms with E-state index in [2.05, 4.69) is 5.32 Å². The van der Waals surface area contributed by atoms with Crippen molar-refractivity contribution in [1.82, 2.24) is 5.32 Å². The number of hydrogen-bond acceptors (Lipinski definition) is 4. The summed E-state index contributed by atoms with van der Waals surface area (Å²) in [7, 11) is 0. The van der Waals surface area contributed by atoms with E-state index in [0.717, 1.165) is 16.9 Å². The van der Waals surface area contributed by atoms with Crippen LogP contribution in [0.25, 0.3) is 0 Å². The molecule has 6 nitrogen and oxygen atoms in total. The molecule has 0 fully saturated rings. The Kier molecular flexibility index (Phi) is 6.36. The molecular formula is C14H19NO5S. The third-order valence-corrected chi connectivity index (χ3v) is 4.43. The molecule has 0 saturated carbocycles. The fourth-order valence-electron chi connectivity index (χ4n) is 1.93. The SMILES string of the molecule is CCc1sc(C(=O)N[C@H](CCCC(=O)O)C(=O)O)cc1C. The highest BCUT2D eigenvalue weighted by atomic mass is 32.1. The molecule has 1 atom stereocenters. The molecule has 0 aromatic carbocycles. The van der Waals surface area contributed by atoms with Crippen molar-refractivity contribution in [1.29, 1.82) is 0 Å². The Morgan fingerprint density at radius 2 is 2.00 bits per heavy atom. The summed E-state index contributed by atoms with van der Waals surface area (Å²) < 4.78 is 0. The van der Waals surface area contributed by atoms with Crippen LogP contribution in [0, 0.1) is 6.92 Å². The topological polar surface area (TPSA) is 104 Å². The number of carbonyl (C=O) groups excluding carboxylic acids is 1. The predicted octanol–water partition coefficient (Wildman–Crippen LogP) is 2.06. The number of thiophene rings is 1. The molecule has 0 aliphatic rings. The van der Waals surface area contributed by atoms with E-state index in [9.17, 15) is 14.4 Å². The second-order valence-electron chi connectivity index (χ2n) is 4.72. The average molecular weight is 313 g/mol. The number of nitrogens with one attached hydrogen (secondary N) is 1. The summed E-state index contributed by atoms with van der Waals surface area (Å²) in [6.45, 7) is 3.90. The van der Waals surface area contributed by atoms with E-state index < -0.39 is 23.9 Å². The number of carbonyl (C=O) groups is 3. The van der Waals surface area contributed by atoms with E-state index in [-0.39, 0.29) is 19.3 Å². The maximum absolute atomic E-state index is 12.1. The molecule has 0 bridgehead atoms. The fraction of sp³-hybridized carbons (Fsp3) is 0.500. The summed E-state index contributed by atoms with van der Waals surface area (Å²) in [6.07, 6.45) is 1.01. The molecule has 1 heterocycles. The lowest BCUT2D eigenvalue weighted by Gasteiger charge is -2.13. The van der Waals surface area contributed by atoms with Crippen LogP contribution in [0.15, 0.2) is 6.07 Å². The second-order valence-corrected chi connectivity index (χ2v) is 5.86. The van der Waals surface area contributed by atoms with E-state index in [1.165, 1.54) is 11.3 Å². The molecule has 0 unspecified atom stereocenters. The maximum Gasteiger partial charge on any atom is 0.326 e. The van der Waals surface area contributed by atoms with E-state index in [1.54, 1.807) is 6.07 Å². The number of carboxylic acids is 2. The summed E-state index contributed by atoms with van der Waals surface area (Å²) >= 11 is 1.35. The lowest BCUT2D eigenvalue weighted by Crippen LogP contribution is -2.40. The van der Waals surface area contributed by atoms with Crippen molar-refractivity contribution < 1.29 is 24.6 Å². The highest BCUT2D eigenvalue weighted by molar-refractivity contribution is 7.14. The van der Waals surface area contributed by atoms with Crippen LogP contribution in [0.2, 0.25) is 0 Å². The summed E-state index contributed by atoms with van der Waals surface area (Å²) in [5.74, 6) is -2.56. The van der Waals surface area contributed by atoms with Gasteiger partial charge < -0.3 is 15.5 Å². The highest BCUT2D eigenvalue weighted by Crippen LogP contribution is 2.22. The van der Waals surface area contributed by atoms with Gasteiger partial charge in [-0.15, -0.1) is 11.3 Å². The Morgan fingerprint density at radius 1 is 1.33 bits per heavy atom. The van der Waals surface area contributed by atoms with Crippen molar-refractivity contribution in [2.24, 2.45) is 0 Å². The van der Waals surface area contributed by atoms with Gasteiger partial charge in [0.15, 0.2) is 0 Å². The Hall–Kier alpha value is -1.89. The van der Waals surface area contributed by atoms with Gasteiger partial charge in [-0.05, 0) is 37.8 Å². The van der Waals surface area contributed by atoms with Crippen molar-refractivity contribution in [3.8, 4) is 0 Å². The van der Waals surface area contributed by atoms with Gasteiger partial charge in [0.2, 0.25) is 0 Å². The first-order valence-corrected chi connectivity index (χ1v) is 7.51. The van der Waals surface area contributed by atoms with Crippen molar-refractivity contribution in [3.63, 3.8) is 0 Å². The molecule has 7 heteroatoms. The van der Waals surface area contributed by atoms with Crippen molar-refractivity contribution in [3.05, 3.63) is 21.4 Å². The minimum Gasteiger partial charge on any atom is -0.481 e. The fourth-order valence-corrected chi connectivity index (χ4v) is 2.94. The maximum atomic E-state index is 12.1. The standard InChI is InChI=1S/C14H19NO5S/c1-3-10-8(2)7-11(21-10)13(18)15-9(14(19)20)5-4-6-12(16)17/h7,9H,3-6H2,1-2H3,(H,15,18)(H,16,17)(H,19,20)/t9-/m1/s1. The van der Waals surface area contributed by atoms with Gasteiger partial charge in [0, 0.05) is 11.3 Å². The van der Waals surface area contributed by atoms with E-state index in [1.807, 2.05) is 13.8 Å². The summed E-state index contributed by atoms with van der Waals surface area (Å²) in [5.41, 5.74) is 1.02. The average Bonchev–Trinajstić information content (AvgIpc) is 2.78. The minimum absolute atomic E-state index is 0.0956. The molecule has 0 saturated heterocycles. The molecule has 0 aliphatic heterocycles. The molecule has 1 aromatic rings. The molecule has 116 valence electrons. The van der Waals surface area contributed by atoms with Gasteiger partial charge in [0.25, 0.3) is 5.91 Å². The second kappa shape index (κ2) is 7.78. The van der Waals surface area contributed by atoms with Crippen LogP contribution in [0.1, 0.15) is 46.3 Å². The number of aryl methyl sites for hydroxylation is 2. The van der Waals surface area contributed by atoms with Crippen LogP contribution in [-0.4, -0.2) is 34.1 Å². The molecule has 1 rings (SSSR count). The number of hydrogen-bond donors (Lipinski definition) is 3. The van der Waals surface area contributed by atoms with Gasteiger partial charge in [0.05, 0.1) is 4.88 Å². The monoisotopic (exact) mass is 313 g/mol. The van der Waals surface area contributed by atoms with Crippen molar-refractivity contribution in [2.45, 2.75) is 45.6 Å². The van der Waals surface area contributed by atoms with Crippen LogP contribution in [0.4, 0.5) is 0 Å². The molecule has 1 amide bonds. The zero-order chi connectivity index (χ0) is 16.0. The van der Waals surface area contributed by atoms with Crippen LogP contribution in [0.3, 0.4) is 0 Å². The molecule has 21 heavy (non-hydrogen) atoms. The first-order chi connectivity index (χ1) is 9.85. The van der Waals surface area contributed by atoms with Crippen molar-refractivity contribution in [2.75, 3.05) is 0 Å². The summed E-state index contributed by atoms with van der Waals surface area (Å²) in [5, 5.41) is 20.1. The van der Waals surface area contributed by atoms with Gasteiger partial charge in [-0.2, -0.15) is 0 Å². The predicted molar refractivity (Wildman–Crippen MR) is 78.8 cm³/mol. The first-order valence-electron chi connectivity index (χ1n) is 6.69. The molecule has 0 radical (unpaired) electrons. The largest absolute Gasteiger partial charge is 0.481 e. The van der Waals surface area contributed by atoms with Crippen LogP contribution < -0.4 is 5.32 Å². The first kappa shape index (κ1) is 17.2. The normalized spacial score (nSPS) is 11.9. The molecule has 0 spiro atoms.